The Hall–Kier alpha value is -1.07. The highest BCUT2D eigenvalue weighted by Gasteiger charge is 2.14. The van der Waals surface area contributed by atoms with Crippen LogP contribution in [-0.4, -0.2) is 31.6 Å². The summed E-state index contributed by atoms with van der Waals surface area (Å²) in [7, 11) is 0. The number of nitrogens with one attached hydrogen (secondary N) is 2. The summed E-state index contributed by atoms with van der Waals surface area (Å²) in [6, 6.07) is 7.89. The average Bonchev–Trinajstić information content (AvgIpc) is 2.40. The van der Waals surface area contributed by atoms with Gasteiger partial charge in [0.15, 0.2) is 0 Å². The van der Waals surface area contributed by atoms with Crippen LogP contribution in [0.15, 0.2) is 28.7 Å². The van der Waals surface area contributed by atoms with Crippen molar-refractivity contribution in [3.63, 3.8) is 0 Å². The van der Waals surface area contributed by atoms with E-state index in [4.69, 9.17) is 4.74 Å². The lowest BCUT2D eigenvalue weighted by Gasteiger charge is -2.23. The average molecular weight is 327 g/mol. The third kappa shape index (κ3) is 5.20. The molecule has 1 aromatic carbocycles. The smallest absolute Gasteiger partial charge is 0.223 e. The molecule has 2 rings (SSSR count). The quantitative estimate of drug-likeness (QED) is 0.871. The van der Waals surface area contributed by atoms with Crippen LogP contribution in [0, 0.1) is 0 Å². The minimum atomic E-state index is 0.0590. The molecule has 4 nitrogen and oxygen atoms in total. The predicted molar refractivity (Wildman–Crippen MR) is 78.3 cm³/mol. The standard InChI is InChI=1S/C14H19BrN2O2/c15-11-3-1-5-13(9-11)19-8-6-14(18)17-12-4-2-7-16-10-12/h1,3,5,9,12,16H,2,4,6-8,10H2,(H,17,18)/t12-/m0/s1. The van der Waals surface area contributed by atoms with Crippen molar-refractivity contribution in [2.75, 3.05) is 19.7 Å². The first kappa shape index (κ1) is 14.3. The van der Waals surface area contributed by atoms with E-state index in [9.17, 15) is 4.79 Å². The van der Waals surface area contributed by atoms with Crippen molar-refractivity contribution in [1.29, 1.82) is 0 Å². The third-order valence-electron chi connectivity index (χ3n) is 3.06. The number of carbonyl (C=O) groups excluding carboxylic acids is 1. The molecular weight excluding hydrogens is 308 g/mol. The minimum absolute atomic E-state index is 0.0590. The highest BCUT2D eigenvalue weighted by molar-refractivity contribution is 9.10. The maximum Gasteiger partial charge on any atom is 0.223 e. The van der Waals surface area contributed by atoms with Crippen molar-refractivity contribution in [2.24, 2.45) is 0 Å². The fourth-order valence-corrected chi connectivity index (χ4v) is 2.47. The normalized spacial score (nSPS) is 18.9. The second-order valence-electron chi connectivity index (χ2n) is 4.67. The van der Waals surface area contributed by atoms with E-state index in [1.165, 1.54) is 0 Å². The van der Waals surface area contributed by atoms with E-state index in [0.29, 0.717) is 13.0 Å². The van der Waals surface area contributed by atoms with Gasteiger partial charge < -0.3 is 15.4 Å². The number of carbonyl (C=O) groups is 1. The van der Waals surface area contributed by atoms with Gasteiger partial charge in [-0.05, 0) is 37.6 Å². The number of ether oxygens (including phenoxy) is 1. The predicted octanol–water partition coefficient (Wildman–Crippen LogP) is 2.09. The van der Waals surface area contributed by atoms with Gasteiger partial charge >= 0.3 is 0 Å². The van der Waals surface area contributed by atoms with Gasteiger partial charge in [0.25, 0.3) is 0 Å². The zero-order valence-corrected chi connectivity index (χ0v) is 12.4. The largest absolute Gasteiger partial charge is 0.493 e. The van der Waals surface area contributed by atoms with Crippen LogP contribution in [0.5, 0.6) is 5.75 Å². The zero-order valence-electron chi connectivity index (χ0n) is 10.8. The van der Waals surface area contributed by atoms with Gasteiger partial charge in [-0.2, -0.15) is 0 Å². The van der Waals surface area contributed by atoms with Gasteiger partial charge in [-0.1, -0.05) is 22.0 Å². The molecule has 1 aliphatic rings. The van der Waals surface area contributed by atoms with Crippen molar-refractivity contribution in [1.82, 2.24) is 10.6 Å². The molecular formula is C14H19BrN2O2. The second-order valence-corrected chi connectivity index (χ2v) is 5.58. The molecule has 104 valence electrons. The fraction of sp³-hybridized carbons (Fsp3) is 0.500. The summed E-state index contributed by atoms with van der Waals surface area (Å²) < 4.78 is 6.51. The molecule has 1 saturated heterocycles. The van der Waals surface area contributed by atoms with E-state index in [1.54, 1.807) is 0 Å². The fourth-order valence-electron chi connectivity index (χ4n) is 2.09. The first-order valence-electron chi connectivity index (χ1n) is 6.62. The molecule has 1 aromatic rings. The maximum absolute atomic E-state index is 11.7. The number of amides is 1. The van der Waals surface area contributed by atoms with E-state index in [0.717, 1.165) is 36.2 Å². The van der Waals surface area contributed by atoms with Crippen molar-refractivity contribution >= 4 is 21.8 Å². The lowest BCUT2D eigenvalue weighted by molar-refractivity contribution is -0.122. The lowest BCUT2D eigenvalue weighted by Crippen LogP contribution is -2.45. The number of hydrogen-bond donors (Lipinski definition) is 2. The van der Waals surface area contributed by atoms with Crippen LogP contribution < -0.4 is 15.4 Å². The van der Waals surface area contributed by atoms with Gasteiger partial charge in [0.05, 0.1) is 13.0 Å². The maximum atomic E-state index is 11.7. The SMILES string of the molecule is O=C(CCOc1cccc(Br)c1)N[C@H]1CCCNC1. The monoisotopic (exact) mass is 326 g/mol. The topological polar surface area (TPSA) is 50.4 Å². The molecule has 1 amide bonds. The summed E-state index contributed by atoms with van der Waals surface area (Å²) in [6.07, 6.45) is 2.58. The molecule has 1 aliphatic heterocycles. The Kier molecular flexibility index (Phi) is 5.66. The summed E-state index contributed by atoms with van der Waals surface area (Å²) >= 11 is 3.38. The van der Waals surface area contributed by atoms with Gasteiger partial charge in [0, 0.05) is 17.1 Å². The Balaban J connectivity index is 1.66. The number of hydrogen-bond acceptors (Lipinski definition) is 3. The van der Waals surface area contributed by atoms with Crippen LogP contribution in [0.2, 0.25) is 0 Å². The molecule has 1 fully saturated rings. The van der Waals surface area contributed by atoms with Crippen LogP contribution in [0.3, 0.4) is 0 Å². The molecule has 0 saturated carbocycles. The molecule has 19 heavy (non-hydrogen) atoms. The Morgan fingerprint density at radius 2 is 2.42 bits per heavy atom. The van der Waals surface area contributed by atoms with E-state index in [1.807, 2.05) is 24.3 Å². The summed E-state index contributed by atoms with van der Waals surface area (Å²) in [4.78, 5) is 11.7. The zero-order chi connectivity index (χ0) is 13.5. The Labute approximate surface area is 122 Å². The summed E-state index contributed by atoms with van der Waals surface area (Å²) in [5.41, 5.74) is 0. The molecule has 1 atom stereocenters. The van der Waals surface area contributed by atoms with Gasteiger partial charge in [0.1, 0.15) is 5.75 Å². The van der Waals surface area contributed by atoms with Crippen LogP contribution in [0.1, 0.15) is 19.3 Å². The van der Waals surface area contributed by atoms with Gasteiger partial charge in [0.2, 0.25) is 5.91 Å². The van der Waals surface area contributed by atoms with Gasteiger partial charge in [-0.3, -0.25) is 4.79 Å². The Morgan fingerprint density at radius 3 is 3.16 bits per heavy atom. The number of halogens is 1. The molecule has 5 heteroatoms. The minimum Gasteiger partial charge on any atom is -0.493 e. The Morgan fingerprint density at radius 1 is 1.53 bits per heavy atom. The van der Waals surface area contributed by atoms with Crippen LogP contribution in [-0.2, 0) is 4.79 Å². The summed E-state index contributed by atoms with van der Waals surface area (Å²) in [6.45, 7) is 2.33. The third-order valence-corrected chi connectivity index (χ3v) is 3.55. The summed E-state index contributed by atoms with van der Waals surface area (Å²) in [5.74, 6) is 0.838. The molecule has 1 heterocycles. The van der Waals surface area contributed by atoms with Gasteiger partial charge in [-0.15, -0.1) is 0 Å². The van der Waals surface area contributed by atoms with E-state index >= 15 is 0 Å². The summed E-state index contributed by atoms with van der Waals surface area (Å²) in [5, 5.41) is 6.30. The lowest BCUT2D eigenvalue weighted by atomic mass is 10.1. The van der Waals surface area contributed by atoms with Crippen LogP contribution in [0.25, 0.3) is 0 Å². The molecule has 0 radical (unpaired) electrons. The molecule has 0 spiro atoms. The second kappa shape index (κ2) is 7.50. The van der Waals surface area contributed by atoms with E-state index in [-0.39, 0.29) is 11.9 Å². The van der Waals surface area contributed by atoms with Crippen molar-refractivity contribution in [3.05, 3.63) is 28.7 Å². The van der Waals surface area contributed by atoms with Crippen LogP contribution >= 0.6 is 15.9 Å². The highest BCUT2D eigenvalue weighted by Crippen LogP contribution is 2.17. The highest BCUT2D eigenvalue weighted by atomic mass is 79.9. The van der Waals surface area contributed by atoms with Gasteiger partial charge in [-0.25, -0.2) is 0 Å². The molecule has 2 N–H and O–H groups in total. The number of piperidine rings is 1. The van der Waals surface area contributed by atoms with E-state index < -0.39 is 0 Å². The number of benzene rings is 1. The molecule has 0 bridgehead atoms. The van der Waals surface area contributed by atoms with Crippen molar-refractivity contribution in [3.8, 4) is 5.75 Å². The Bertz CT molecular complexity index is 420. The van der Waals surface area contributed by atoms with Crippen LogP contribution in [0.4, 0.5) is 0 Å². The first-order chi connectivity index (χ1) is 9.24. The van der Waals surface area contributed by atoms with E-state index in [2.05, 4.69) is 26.6 Å². The van der Waals surface area contributed by atoms with Crippen molar-refractivity contribution in [2.45, 2.75) is 25.3 Å². The molecule has 0 unspecified atom stereocenters. The first-order valence-corrected chi connectivity index (χ1v) is 7.42. The molecule has 0 aliphatic carbocycles. The van der Waals surface area contributed by atoms with Crippen molar-refractivity contribution < 1.29 is 9.53 Å². The molecule has 0 aromatic heterocycles. The number of rotatable bonds is 5.